The van der Waals surface area contributed by atoms with E-state index in [-0.39, 0.29) is 17.9 Å². The number of nitrogens with one attached hydrogen (secondary N) is 3. The number of carboxylic acids is 1. The second-order valence-electron chi connectivity index (χ2n) is 11.0. The van der Waals surface area contributed by atoms with Crippen LogP contribution in [0.5, 0.6) is 11.5 Å². The second-order valence-corrected chi connectivity index (χ2v) is 11.0. The Labute approximate surface area is 268 Å². The van der Waals surface area contributed by atoms with Crippen molar-refractivity contribution in [3.05, 3.63) is 82.9 Å². The molecule has 4 rings (SSSR count). The maximum absolute atomic E-state index is 13.4. The molecule has 1 heterocycles. The predicted molar refractivity (Wildman–Crippen MR) is 175 cm³/mol. The summed E-state index contributed by atoms with van der Waals surface area (Å²) in [6.45, 7) is 6.21. The van der Waals surface area contributed by atoms with Crippen LogP contribution in [0.1, 0.15) is 57.7 Å². The first-order valence-corrected chi connectivity index (χ1v) is 15.2. The van der Waals surface area contributed by atoms with Crippen LogP contribution in [0.4, 0.5) is 16.2 Å². The molecule has 1 saturated heterocycles. The van der Waals surface area contributed by atoms with Crippen LogP contribution in [0.25, 0.3) is 0 Å². The van der Waals surface area contributed by atoms with Crippen molar-refractivity contribution in [1.82, 2.24) is 15.5 Å². The fourth-order valence-corrected chi connectivity index (χ4v) is 5.36. The highest BCUT2D eigenvalue weighted by Crippen LogP contribution is 2.31. The Morgan fingerprint density at radius 2 is 1.59 bits per heavy atom. The molecule has 3 aromatic rings. The molecule has 3 aromatic carbocycles. The molecule has 1 aliphatic rings. The average molecular weight is 632 g/mol. The van der Waals surface area contributed by atoms with Crippen molar-refractivity contribution in [1.29, 1.82) is 0 Å². The lowest BCUT2D eigenvalue weighted by Gasteiger charge is -2.27. The van der Waals surface area contributed by atoms with Crippen LogP contribution >= 0.6 is 0 Å². The first-order chi connectivity index (χ1) is 22.1. The number of urea groups is 1. The number of benzene rings is 3. The van der Waals surface area contributed by atoms with Crippen LogP contribution in [-0.4, -0.2) is 80.8 Å². The van der Waals surface area contributed by atoms with Gasteiger partial charge in [0, 0.05) is 43.9 Å². The number of hydrogen-bond donors (Lipinski definition) is 4. The molecule has 0 spiro atoms. The lowest BCUT2D eigenvalue weighted by atomic mass is 10.0. The van der Waals surface area contributed by atoms with Crippen LogP contribution < -0.4 is 30.3 Å². The Morgan fingerprint density at radius 3 is 2.26 bits per heavy atom. The number of ether oxygens (including phenoxy) is 2. The van der Waals surface area contributed by atoms with Crippen molar-refractivity contribution < 1.29 is 33.8 Å². The van der Waals surface area contributed by atoms with Gasteiger partial charge in [-0.2, -0.15) is 0 Å². The van der Waals surface area contributed by atoms with Crippen LogP contribution in [0.15, 0.2) is 60.7 Å². The lowest BCUT2D eigenvalue weighted by molar-refractivity contribution is -0.137. The largest absolute Gasteiger partial charge is 0.493 e. The number of methoxy groups -OCH3 is 2. The van der Waals surface area contributed by atoms with Crippen LogP contribution in [-0.2, 0) is 4.79 Å². The smallest absolute Gasteiger partial charge is 0.319 e. The number of amides is 4. The van der Waals surface area contributed by atoms with Gasteiger partial charge in [-0.3, -0.25) is 14.4 Å². The normalized spacial score (nSPS) is 13.7. The third-order valence-electron chi connectivity index (χ3n) is 7.76. The molecular formula is C34H41N5O7. The molecule has 0 bridgehead atoms. The summed E-state index contributed by atoms with van der Waals surface area (Å²) in [7, 11) is 3.06. The second kappa shape index (κ2) is 15.6. The van der Waals surface area contributed by atoms with Gasteiger partial charge >= 0.3 is 12.0 Å². The monoisotopic (exact) mass is 631 g/mol. The molecule has 0 saturated carbocycles. The van der Waals surface area contributed by atoms with Crippen molar-refractivity contribution in [3.63, 3.8) is 0 Å². The van der Waals surface area contributed by atoms with Gasteiger partial charge in [0.25, 0.3) is 11.8 Å². The van der Waals surface area contributed by atoms with E-state index in [1.54, 1.807) is 60.4 Å². The predicted octanol–water partition coefficient (Wildman–Crippen LogP) is 4.45. The number of anilines is 2. The summed E-state index contributed by atoms with van der Waals surface area (Å²) in [5.74, 6) is -0.624. The van der Waals surface area contributed by atoms with Crippen LogP contribution in [0.2, 0.25) is 0 Å². The molecule has 1 unspecified atom stereocenters. The average Bonchev–Trinajstić information content (AvgIpc) is 3.30. The highest BCUT2D eigenvalue weighted by molar-refractivity contribution is 6.00. The van der Waals surface area contributed by atoms with Gasteiger partial charge in [0.15, 0.2) is 11.5 Å². The van der Waals surface area contributed by atoms with Crippen LogP contribution in [0, 0.1) is 6.92 Å². The van der Waals surface area contributed by atoms with Crippen molar-refractivity contribution in [2.75, 3.05) is 57.2 Å². The number of aliphatic carboxylic acids is 1. The van der Waals surface area contributed by atoms with Gasteiger partial charge in [0.2, 0.25) is 0 Å². The zero-order valence-electron chi connectivity index (χ0n) is 26.6. The molecule has 1 fully saturated rings. The maximum Gasteiger partial charge on any atom is 0.319 e. The number of hydrogen-bond acceptors (Lipinski definition) is 7. The van der Waals surface area contributed by atoms with E-state index in [0.29, 0.717) is 73.1 Å². The van der Waals surface area contributed by atoms with Crippen molar-refractivity contribution in [3.8, 4) is 11.5 Å². The van der Waals surface area contributed by atoms with Gasteiger partial charge in [-0.15, -0.1) is 0 Å². The molecule has 0 aliphatic carbocycles. The number of carbonyl (C=O) groups is 4. The highest BCUT2D eigenvalue weighted by Gasteiger charge is 2.25. The van der Waals surface area contributed by atoms with Gasteiger partial charge in [0.05, 0.1) is 38.1 Å². The van der Waals surface area contributed by atoms with Crippen molar-refractivity contribution in [2.45, 2.75) is 32.7 Å². The molecule has 0 radical (unpaired) electrons. The Bertz CT molecular complexity index is 1560. The number of carbonyl (C=O) groups excluding carboxylic acids is 3. The van der Waals surface area contributed by atoms with Gasteiger partial charge in [-0.1, -0.05) is 29.8 Å². The van der Waals surface area contributed by atoms with E-state index in [0.717, 1.165) is 5.56 Å². The zero-order chi connectivity index (χ0) is 33.2. The molecule has 0 aromatic heterocycles. The summed E-state index contributed by atoms with van der Waals surface area (Å²) in [5.41, 5.74) is 3.57. The summed E-state index contributed by atoms with van der Waals surface area (Å²) < 4.78 is 10.7. The van der Waals surface area contributed by atoms with E-state index in [4.69, 9.17) is 9.47 Å². The van der Waals surface area contributed by atoms with Gasteiger partial charge in [-0.05, 0) is 62.2 Å². The number of rotatable bonds is 11. The minimum absolute atomic E-state index is 0.125. The number of carboxylic acid groups (broad SMARTS) is 1. The Morgan fingerprint density at radius 1 is 0.870 bits per heavy atom. The van der Waals surface area contributed by atoms with Crippen LogP contribution in [0.3, 0.4) is 0 Å². The summed E-state index contributed by atoms with van der Waals surface area (Å²) >= 11 is 0. The number of nitrogens with zero attached hydrogens (tertiary/aromatic N) is 2. The standard InChI is InChI=1S/C34H41N5O7/c1-5-35-34(44)37-27-19-24(32(42)36-26(21-31(40)41)23-9-7-22(2)8-10-23)11-13-28(27)38-15-6-16-39(18-17-38)33(43)25-12-14-29(45-3)30(20-25)46-4/h7-14,19-20,26H,5-6,15-18,21H2,1-4H3,(H,36,42)(H,40,41)(H2,35,37,44). The van der Waals surface area contributed by atoms with E-state index in [9.17, 15) is 24.3 Å². The molecular weight excluding hydrogens is 590 g/mol. The minimum Gasteiger partial charge on any atom is -0.493 e. The fraction of sp³-hybridized carbons (Fsp3) is 0.353. The third kappa shape index (κ3) is 8.46. The van der Waals surface area contributed by atoms with E-state index in [2.05, 4.69) is 20.9 Å². The lowest BCUT2D eigenvalue weighted by Crippen LogP contribution is -2.36. The molecule has 46 heavy (non-hydrogen) atoms. The molecule has 244 valence electrons. The van der Waals surface area contributed by atoms with E-state index in [1.807, 2.05) is 19.1 Å². The topological polar surface area (TPSA) is 150 Å². The van der Waals surface area contributed by atoms with Crippen molar-refractivity contribution >= 4 is 35.2 Å². The Kier molecular flexibility index (Phi) is 11.4. The number of aryl methyl sites for hydroxylation is 1. The zero-order valence-corrected chi connectivity index (χ0v) is 26.6. The third-order valence-corrected chi connectivity index (χ3v) is 7.76. The molecule has 4 amide bonds. The molecule has 12 heteroatoms. The quantitative estimate of drug-likeness (QED) is 0.243. The molecule has 4 N–H and O–H groups in total. The van der Waals surface area contributed by atoms with Gasteiger partial charge in [0.1, 0.15) is 0 Å². The minimum atomic E-state index is -1.04. The van der Waals surface area contributed by atoms with E-state index < -0.39 is 23.9 Å². The first-order valence-electron chi connectivity index (χ1n) is 15.2. The SMILES string of the molecule is CCNC(=O)Nc1cc(C(=O)NC(CC(=O)O)c2ccc(C)cc2)ccc1N1CCCN(C(=O)c2ccc(OC)c(OC)c2)CC1. The summed E-state index contributed by atoms with van der Waals surface area (Å²) in [4.78, 5) is 54.9. The highest BCUT2D eigenvalue weighted by atomic mass is 16.5. The molecule has 1 aliphatic heterocycles. The summed E-state index contributed by atoms with van der Waals surface area (Å²) in [5, 5.41) is 17.9. The fourth-order valence-electron chi connectivity index (χ4n) is 5.36. The first kappa shape index (κ1) is 33.6. The molecule has 1 atom stereocenters. The molecule has 12 nitrogen and oxygen atoms in total. The van der Waals surface area contributed by atoms with Crippen molar-refractivity contribution in [2.24, 2.45) is 0 Å². The van der Waals surface area contributed by atoms with Gasteiger partial charge in [-0.25, -0.2) is 4.79 Å². The Hall–Kier alpha value is -5.26. The maximum atomic E-state index is 13.4. The van der Waals surface area contributed by atoms with E-state index >= 15 is 0 Å². The summed E-state index contributed by atoms with van der Waals surface area (Å²) in [6, 6.07) is 16.2. The van der Waals surface area contributed by atoms with Gasteiger partial charge < -0.3 is 40.3 Å². The Balaban J connectivity index is 1.55. The summed E-state index contributed by atoms with van der Waals surface area (Å²) in [6.07, 6.45) is 0.387. The van der Waals surface area contributed by atoms with E-state index in [1.165, 1.54) is 14.2 Å².